The molecule has 1 unspecified atom stereocenters. The van der Waals surface area contributed by atoms with Gasteiger partial charge in [-0.05, 0) is 18.8 Å². The monoisotopic (exact) mass is 259 g/mol. The van der Waals surface area contributed by atoms with Crippen molar-refractivity contribution in [3.63, 3.8) is 0 Å². The summed E-state index contributed by atoms with van der Waals surface area (Å²) in [7, 11) is 1.49. The van der Waals surface area contributed by atoms with Gasteiger partial charge in [-0.1, -0.05) is 20.8 Å². The van der Waals surface area contributed by atoms with E-state index in [1.807, 2.05) is 0 Å². The molecule has 0 saturated heterocycles. The minimum Gasteiger partial charge on any atom is -0.481 e. The van der Waals surface area contributed by atoms with Gasteiger partial charge in [0.05, 0.1) is 18.6 Å². The fraction of sp³-hybridized carbons (Fsp3) is 0.846. The van der Waals surface area contributed by atoms with Crippen molar-refractivity contribution in [2.75, 3.05) is 13.7 Å². The van der Waals surface area contributed by atoms with Crippen LogP contribution in [-0.2, 0) is 14.3 Å². The van der Waals surface area contributed by atoms with Crippen LogP contribution in [0.3, 0.4) is 0 Å². The maximum Gasteiger partial charge on any atom is 0.305 e. The number of carbonyl (C=O) groups is 2. The topological polar surface area (TPSA) is 75.6 Å². The van der Waals surface area contributed by atoms with Crippen LogP contribution in [0.1, 0.15) is 47.0 Å². The summed E-state index contributed by atoms with van der Waals surface area (Å²) in [5.74, 6) is -1.09. The molecule has 1 amide bonds. The largest absolute Gasteiger partial charge is 0.481 e. The molecule has 0 rings (SSSR count). The Labute approximate surface area is 109 Å². The van der Waals surface area contributed by atoms with Crippen molar-refractivity contribution < 1.29 is 19.4 Å². The highest BCUT2D eigenvalue weighted by atomic mass is 16.5. The van der Waals surface area contributed by atoms with Crippen LogP contribution in [0.5, 0.6) is 0 Å². The van der Waals surface area contributed by atoms with E-state index in [1.165, 1.54) is 7.11 Å². The SMILES string of the molecule is COCC(C)(CC(=O)O)NC(=O)CCC(C)(C)C. The van der Waals surface area contributed by atoms with E-state index < -0.39 is 11.5 Å². The van der Waals surface area contributed by atoms with Gasteiger partial charge in [0, 0.05) is 13.5 Å². The van der Waals surface area contributed by atoms with E-state index in [0.29, 0.717) is 6.42 Å². The van der Waals surface area contributed by atoms with Crippen LogP contribution in [-0.4, -0.2) is 36.2 Å². The van der Waals surface area contributed by atoms with Gasteiger partial charge in [0.25, 0.3) is 0 Å². The van der Waals surface area contributed by atoms with Crippen LogP contribution in [0.4, 0.5) is 0 Å². The Morgan fingerprint density at radius 1 is 1.22 bits per heavy atom. The minimum absolute atomic E-state index is 0.0851. The van der Waals surface area contributed by atoms with Crippen LogP contribution in [0.25, 0.3) is 0 Å². The maximum absolute atomic E-state index is 11.8. The molecule has 18 heavy (non-hydrogen) atoms. The Balaban J connectivity index is 4.40. The predicted octanol–water partition coefficient (Wildman–Crippen LogP) is 1.81. The molecule has 0 radical (unpaired) electrons. The zero-order chi connectivity index (χ0) is 14.4. The van der Waals surface area contributed by atoms with Crippen molar-refractivity contribution in [1.29, 1.82) is 0 Å². The zero-order valence-corrected chi connectivity index (χ0v) is 12.0. The Hall–Kier alpha value is -1.10. The second-order valence-electron chi connectivity index (χ2n) is 6.17. The molecule has 0 aromatic rings. The van der Waals surface area contributed by atoms with Gasteiger partial charge < -0.3 is 15.2 Å². The number of hydrogen-bond donors (Lipinski definition) is 2. The number of carboxylic acids is 1. The first-order chi connectivity index (χ1) is 8.08. The van der Waals surface area contributed by atoms with Crippen molar-refractivity contribution in [2.24, 2.45) is 5.41 Å². The van der Waals surface area contributed by atoms with Crippen LogP contribution in [0.15, 0.2) is 0 Å². The number of carbonyl (C=O) groups excluding carboxylic acids is 1. The molecule has 0 aromatic carbocycles. The fourth-order valence-corrected chi connectivity index (χ4v) is 1.67. The molecule has 0 aromatic heterocycles. The predicted molar refractivity (Wildman–Crippen MR) is 69.4 cm³/mol. The molecule has 0 saturated carbocycles. The zero-order valence-electron chi connectivity index (χ0n) is 12.0. The quantitative estimate of drug-likeness (QED) is 0.731. The molecule has 0 heterocycles. The molecule has 2 N–H and O–H groups in total. The number of amides is 1. The van der Waals surface area contributed by atoms with Crippen molar-refractivity contribution in [2.45, 2.75) is 52.5 Å². The van der Waals surface area contributed by atoms with Crippen LogP contribution < -0.4 is 5.32 Å². The molecule has 0 spiro atoms. The number of carboxylic acid groups (broad SMARTS) is 1. The average Bonchev–Trinajstić information content (AvgIpc) is 2.12. The fourth-order valence-electron chi connectivity index (χ4n) is 1.67. The Bertz CT molecular complexity index is 296. The Morgan fingerprint density at radius 3 is 2.17 bits per heavy atom. The number of nitrogens with one attached hydrogen (secondary N) is 1. The first kappa shape index (κ1) is 16.9. The molecule has 1 atom stereocenters. The molecule has 0 fully saturated rings. The third kappa shape index (κ3) is 8.06. The molecule has 5 heteroatoms. The molecular formula is C13H25NO4. The number of hydrogen-bond acceptors (Lipinski definition) is 3. The number of ether oxygens (including phenoxy) is 1. The van der Waals surface area contributed by atoms with Crippen molar-refractivity contribution in [3.05, 3.63) is 0 Å². The lowest BCUT2D eigenvalue weighted by Gasteiger charge is -2.29. The Morgan fingerprint density at radius 2 is 1.78 bits per heavy atom. The van der Waals surface area contributed by atoms with E-state index in [1.54, 1.807) is 6.92 Å². The van der Waals surface area contributed by atoms with Gasteiger partial charge in [-0.3, -0.25) is 9.59 Å². The highest BCUT2D eigenvalue weighted by Gasteiger charge is 2.29. The smallest absolute Gasteiger partial charge is 0.305 e. The minimum atomic E-state index is -0.953. The van der Waals surface area contributed by atoms with Crippen molar-refractivity contribution >= 4 is 11.9 Å². The third-order valence-electron chi connectivity index (χ3n) is 2.55. The van der Waals surface area contributed by atoms with E-state index in [2.05, 4.69) is 26.1 Å². The lowest BCUT2D eigenvalue weighted by molar-refractivity contribution is -0.139. The molecule has 0 bridgehead atoms. The summed E-state index contributed by atoms with van der Waals surface area (Å²) in [5, 5.41) is 11.6. The van der Waals surface area contributed by atoms with Gasteiger partial charge >= 0.3 is 5.97 Å². The summed E-state index contributed by atoms with van der Waals surface area (Å²) in [5.41, 5.74) is -0.767. The van der Waals surface area contributed by atoms with Gasteiger partial charge in [-0.2, -0.15) is 0 Å². The molecule has 5 nitrogen and oxygen atoms in total. The van der Waals surface area contributed by atoms with Gasteiger partial charge in [-0.15, -0.1) is 0 Å². The molecular weight excluding hydrogens is 234 g/mol. The highest BCUT2D eigenvalue weighted by Crippen LogP contribution is 2.21. The maximum atomic E-state index is 11.8. The number of rotatable bonds is 7. The van der Waals surface area contributed by atoms with Crippen molar-refractivity contribution in [3.8, 4) is 0 Å². The molecule has 0 aliphatic heterocycles. The second kappa shape index (κ2) is 6.73. The number of aliphatic carboxylic acids is 1. The van der Waals surface area contributed by atoms with Crippen molar-refractivity contribution in [1.82, 2.24) is 5.32 Å². The second-order valence-corrected chi connectivity index (χ2v) is 6.17. The molecule has 106 valence electrons. The lowest BCUT2D eigenvalue weighted by Crippen LogP contribution is -2.50. The number of methoxy groups -OCH3 is 1. The summed E-state index contributed by atoms with van der Waals surface area (Å²) in [6, 6.07) is 0. The van der Waals surface area contributed by atoms with Crippen LogP contribution in [0.2, 0.25) is 0 Å². The first-order valence-corrected chi connectivity index (χ1v) is 6.10. The first-order valence-electron chi connectivity index (χ1n) is 6.10. The summed E-state index contributed by atoms with van der Waals surface area (Å²) < 4.78 is 4.98. The summed E-state index contributed by atoms with van der Waals surface area (Å²) in [6.45, 7) is 8.05. The van der Waals surface area contributed by atoms with E-state index in [-0.39, 0.29) is 24.3 Å². The third-order valence-corrected chi connectivity index (χ3v) is 2.55. The normalized spacial score (nSPS) is 14.9. The summed E-state index contributed by atoms with van der Waals surface area (Å²) in [4.78, 5) is 22.6. The van der Waals surface area contributed by atoms with Gasteiger partial charge in [0.1, 0.15) is 0 Å². The van der Waals surface area contributed by atoms with Crippen LogP contribution >= 0.6 is 0 Å². The van der Waals surface area contributed by atoms with E-state index in [9.17, 15) is 9.59 Å². The summed E-state index contributed by atoms with van der Waals surface area (Å²) in [6.07, 6.45) is 0.999. The standard InChI is InChI=1S/C13H25NO4/c1-12(2,3)7-6-10(15)14-13(4,9-18-5)8-11(16)17/h6-9H2,1-5H3,(H,14,15)(H,16,17). The summed E-state index contributed by atoms with van der Waals surface area (Å²) >= 11 is 0. The Kier molecular flexibility index (Phi) is 6.32. The van der Waals surface area contributed by atoms with Gasteiger partial charge in [-0.25, -0.2) is 0 Å². The lowest BCUT2D eigenvalue weighted by atomic mass is 9.90. The van der Waals surface area contributed by atoms with E-state index in [4.69, 9.17) is 9.84 Å². The molecule has 0 aliphatic carbocycles. The van der Waals surface area contributed by atoms with Crippen LogP contribution in [0, 0.1) is 5.41 Å². The highest BCUT2D eigenvalue weighted by molar-refractivity contribution is 5.78. The van der Waals surface area contributed by atoms with Gasteiger partial charge in [0.15, 0.2) is 0 Å². The molecule has 0 aliphatic rings. The van der Waals surface area contributed by atoms with E-state index in [0.717, 1.165) is 6.42 Å². The van der Waals surface area contributed by atoms with E-state index >= 15 is 0 Å². The average molecular weight is 259 g/mol. The van der Waals surface area contributed by atoms with Gasteiger partial charge in [0.2, 0.25) is 5.91 Å².